The van der Waals surface area contributed by atoms with Gasteiger partial charge in [0.05, 0.1) is 12.7 Å². The highest BCUT2D eigenvalue weighted by Gasteiger charge is 2.31. The van der Waals surface area contributed by atoms with Crippen molar-refractivity contribution in [1.82, 2.24) is 4.31 Å². The number of aromatic carboxylic acids is 1. The summed E-state index contributed by atoms with van der Waals surface area (Å²) in [5, 5.41) is 9.15. The Balaban J connectivity index is 1.82. The van der Waals surface area contributed by atoms with Crippen molar-refractivity contribution in [3.63, 3.8) is 0 Å². The number of carboxylic acid groups (broad SMARTS) is 1. The number of benzene rings is 2. The van der Waals surface area contributed by atoms with Gasteiger partial charge in [0.15, 0.2) is 0 Å². The second-order valence-corrected chi connectivity index (χ2v) is 7.94. The number of hydrogen-bond donors (Lipinski definition) is 1. The number of nitrogens with zero attached hydrogens (tertiary/aromatic N) is 2. The molecule has 0 unspecified atom stereocenters. The van der Waals surface area contributed by atoms with Crippen LogP contribution in [0.5, 0.6) is 5.75 Å². The molecule has 0 saturated carbocycles. The number of rotatable bonds is 5. The minimum Gasteiger partial charge on any atom is -0.495 e. The van der Waals surface area contributed by atoms with Crippen molar-refractivity contribution in [3.8, 4) is 5.75 Å². The van der Waals surface area contributed by atoms with Crippen molar-refractivity contribution in [2.75, 3.05) is 38.2 Å². The van der Waals surface area contributed by atoms with Gasteiger partial charge in [-0.15, -0.1) is 0 Å². The lowest BCUT2D eigenvalue weighted by molar-refractivity contribution is 0.0696. The number of ether oxygens (including phenoxy) is 1. The number of hydrogen-bond acceptors (Lipinski definition) is 5. The standard InChI is InChI=1S/C18H19FN2O5S/c1-26-16-7-2-13(18(22)23)12-17(16)27(24,25)21-10-8-20(9-11-21)15-5-3-14(19)4-6-15/h2-7,12H,8-11H2,1H3,(H,22,23). The number of carbonyl (C=O) groups is 1. The maximum absolute atomic E-state index is 13.1. The summed E-state index contributed by atoms with van der Waals surface area (Å²) in [7, 11) is -2.58. The summed E-state index contributed by atoms with van der Waals surface area (Å²) in [5.74, 6) is -1.44. The van der Waals surface area contributed by atoms with Gasteiger partial charge in [-0.3, -0.25) is 0 Å². The predicted molar refractivity (Wildman–Crippen MR) is 97.3 cm³/mol. The molecule has 9 heteroatoms. The number of carboxylic acids is 1. The number of halogens is 1. The fraction of sp³-hybridized carbons (Fsp3) is 0.278. The summed E-state index contributed by atoms with van der Waals surface area (Å²) in [6.45, 7) is 1.32. The van der Waals surface area contributed by atoms with E-state index in [1.165, 1.54) is 35.7 Å². The first kappa shape index (κ1) is 19.1. The topological polar surface area (TPSA) is 87.1 Å². The number of piperazine rings is 1. The second kappa shape index (κ2) is 7.53. The fourth-order valence-corrected chi connectivity index (χ4v) is 4.59. The molecule has 0 aliphatic carbocycles. The number of sulfonamides is 1. The Labute approximate surface area is 156 Å². The SMILES string of the molecule is COc1ccc(C(=O)O)cc1S(=O)(=O)N1CCN(c2ccc(F)cc2)CC1. The summed E-state index contributed by atoms with van der Waals surface area (Å²) in [6.07, 6.45) is 0. The van der Waals surface area contributed by atoms with Gasteiger partial charge in [0.2, 0.25) is 10.0 Å². The molecule has 2 aromatic carbocycles. The number of methoxy groups -OCH3 is 1. The molecule has 1 saturated heterocycles. The molecular weight excluding hydrogens is 375 g/mol. The van der Waals surface area contributed by atoms with E-state index in [1.54, 1.807) is 12.1 Å². The molecule has 1 fully saturated rings. The smallest absolute Gasteiger partial charge is 0.335 e. The molecule has 0 amide bonds. The van der Waals surface area contributed by atoms with E-state index in [9.17, 15) is 17.6 Å². The predicted octanol–water partition coefficient (Wildman–Crippen LogP) is 2.04. The van der Waals surface area contributed by atoms with E-state index in [1.807, 2.05) is 4.90 Å². The first-order chi connectivity index (χ1) is 12.8. The third-order valence-corrected chi connectivity index (χ3v) is 6.38. The molecule has 1 heterocycles. The summed E-state index contributed by atoms with van der Waals surface area (Å²) < 4.78 is 45.5. The van der Waals surface area contributed by atoms with Crippen LogP contribution in [0.1, 0.15) is 10.4 Å². The minimum absolute atomic E-state index is 0.0981. The van der Waals surface area contributed by atoms with Gasteiger partial charge in [-0.2, -0.15) is 4.31 Å². The molecule has 0 aromatic heterocycles. The van der Waals surface area contributed by atoms with Crippen LogP contribution >= 0.6 is 0 Å². The van der Waals surface area contributed by atoms with Crippen LogP contribution in [0.2, 0.25) is 0 Å². The molecule has 1 N–H and O–H groups in total. The highest BCUT2D eigenvalue weighted by molar-refractivity contribution is 7.89. The normalized spacial score (nSPS) is 15.6. The summed E-state index contributed by atoms with van der Waals surface area (Å²) in [4.78, 5) is 13.0. The average molecular weight is 394 g/mol. The van der Waals surface area contributed by atoms with Crippen LogP contribution < -0.4 is 9.64 Å². The molecule has 144 valence electrons. The van der Waals surface area contributed by atoms with Crippen LogP contribution in [0.3, 0.4) is 0 Å². The Bertz CT molecular complexity index is 939. The Morgan fingerprint density at radius 2 is 1.70 bits per heavy atom. The molecule has 1 aliphatic heterocycles. The Morgan fingerprint density at radius 3 is 2.26 bits per heavy atom. The van der Waals surface area contributed by atoms with E-state index in [-0.39, 0.29) is 35.1 Å². The highest BCUT2D eigenvalue weighted by Crippen LogP contribution is 2.29. The molecule has 0 atom stereocenters. The molecule has 0 bridgehead atoms. The Hall–Kier alpha value is -2.65. The van der Waals surface area contributed by atoms with Crippen molar-refractivity contribution < 1.29 is 27.4 Å². The van der Waals surface area contributed by atoms with Crippen LogP contribution in [0.4, 0.5) is 10.1 Å². The van der Waals surface area contributed by atoms with Crippen LogP contribution in [0.15, 0.2) is 47.4 Å². The molecular formula is C18H19FN2O5S. The third-order valence-electron chi connectivity index (χ3n) is 4.46. The zero-order chi connectivity index (χ0) is 19.6. The van der Waals surface area contributed by atoms with E-state index in [0.717, 1.165) is 11.8 Å². The lowest BCUT2D eigenvalue weighted by Gasteiger charge is -2.35. The van der Waals surface area contributed by atoms with Crippen molar-refractivity contribution in [2.45, 2.75) is 4.90 Å². The van der Waals surface area contributed by atoms with Gasteiger partial charge in [0, 0.05) is 31.9 Å². The second-order valence-electron chi connectivity index (χ2n) is 6.04. The van der Waals surface area contributed by atoms with Gasteiger partial charge < -0.3 is 14.7 Å². The minimum atomic E-state index is -3.91. The van der Waals surface area contributed by atoms with Gasteiger partial charge in [-0.1, -0.05) is 0 Å². The van der Waals surface area contributed by atoms with Crippen molar-refractivity contribution in [1.29, 1.82) is 0 Å². The lowest BCUT2D eigenvalue weighted by Crippen LogP contribution is -2.48. The molecule has 3 rings (SSSR count). The van der Waals surface area contributed by atoms with Crippen LogP contribution in [0, 0.1) is 5.82 Å². The van der Waals surface area contributed by atoms with E-state index in [2.05, 4.69) is 0 Å². The van der Waals surface area contributed by atoms with Crippen molar-refractivity contribution in [3.05, 3.63) is 53.8 Å². The van der Waals surface area contributed by atoms with Gasteiger partial charge in [-0.05, 0) is 42.5 Å². The van der Waals surface area contributed by atoms with Gasteiger partial charge in [-0.25, -0.2) is 17.6 Å². The van der Waals surface area contributed by atoms with Crippen LogP contribution in [-0.2, 0) is 10.0 Å². The van der Waals surface area contributed by atoms with Crippen molar-refractivity contribution >= 4 is 21.7 Å². The first-order valence-electron chi connectivity index (χ1n) is 8.25. The molecule has 2 aromatic rings. The molecule has 0 spiro atoms. The zero-order valence-corrected chi connectivity index (χ0v) is 15.4. The third kappa shape index (κ3) is 3.88. The maximum atomic E-state index is 13.1. The zero-order valence-electron chi connectivity index (χ0n) is 14.6. The molecule has 0 radical (unpaired) electrons. The van der Waals surface area contributed by atoms with E-state index in [0.29, 0.717) is 13.1 Å². The quantitative estimate of drug-likeness (QED) is 0.835. The van der Waals surface area contributed by atoms with E-state index < -0.39 is 16.0 Å². The first-order valence-corrected chi connectivity index (χ1v) is 9.69. The van der Waals surface area contributed by atoms with Crippen LogP contribution in [0.25, 0.3) is 0 Å². The van der Waals surface area contributed by atoms with E-state index in [4.69, 9.17) is 9.84 Å². The van der Waals surface area contributed by atoms with Gasteiger partial charge >= 0.3 is 5.97 Å². The fourth-order valence-electron chi connectivity index (χ4n) is 2.99. The summed E-state index contributed by atoms with van der Waals surface area (Å²) in [5.41, 5.74) is 0.693. The van der Waals surface area contributed by atoms with Crippen molar-refractivity contribution in [2.24, 2.45) is 0 Å². The van der Waals surface area contributed by atoms with Gasteiger partial charge in [0.1, 0.15) is 16.5 Å². The monoisotopic (exact) mass is 394 g/mol. The maximum Gasteiger partial charge on any atom is 0.335 e. The molecule has 1 aliphatic rings. The van der Waals surface area contributed by atoms with Crippen LogP contribution in [-0.4, -0.2) is 57.1 Å². The summed E-state index contributed by atoms with van der Waals surface area (Å²) >= 11 is 0. The Morgan fingerprint density at radius 1 is 1.07 bits per heavy atom. The number of anilines is 1. The average Bonchev–Trinajstić information content (AvgIpc) is 2.68. The highest BCUT2D eigenvalue weighted by atomic mass is 32.2. The van der Waals surface area contributed by atoms with Gasteiger partial charge in [0.25, 0.3) is 0 Å². The summed E-state index contributed by atoms with van der Waals surface area (Å²) in [6, 6.07) is 9.78. The van der Waals surface area contributed by atoms with E-state index >= 15 is 0 Å². The molecule has 27 heavy (non-hydrogen) atoms. The molecule has 7 nitrogen and oxygen atoms in total. The largest absolute Gasteiger partial charge is 0.495 e. The lowest BCUT2D eigenvalue weighted by atomic mass is 10.2. The Kier molecular flexibility index (Phi) is 5.33.